The molecule has 0 aromatic heterocycles. The Labute approximate surface area is 218 Å². The number of hydrogen-bond donors (Lipinski definition) is 0. The van der Waals surface area contributed by atoms with Gasteiger partial charge >= 0.3 is 5.97 Å². The van der Waals surface area contributed by atoms with E-state index in [2.05, 4.69) is 47.1 Å². The Bertz CT molecular complexity index is 1350. The number of esters is 1. The standard InChI is InChI=1S/C30H26BrNO4/c1-2-3-8-16-36-29(35)18-10-9-11-19(17-18)32-27(33)25-24-20-12-4-6-14-22(20)30(31,26(25)28(32)34)23-15-7-5-13-21(23)24/h4-7,9-15,17,24-26H,2-3,8,16H2,1H3/t24?,25-,26+,30?/m1/s1. The molecule has 1 aliphatic heterocycles. The van der Waals surface area contributed by atoms with Gasteiger partial charge in [-0.3, -0.25) is 9.59 Å². The van der Waals surface area contributed by atoms with Gasteiger partial charge in [0.25, 0.3) is 0 Å². The smallest absolute Gasteiger partial charge is 0.338 e. The summed E-state index contributed by atoms with van der Waals surface area (Å²) < 4.78 is 4.61. The van der Waals surface area contributed by atoms with Gasteiger partial charge in [-0.25, -0.2) is 9.69 Å². The lowest BCUT2D eigenvalue weighted by Crippen LogP contribution is -2.50. The number of unbranched alkanes of at least 4 members (excludes halogenated alkanes) is 2. The summed E-state index contributed by atoms with van der Waals surface area (Å²) in [6, 6.07) is 22.8. The molecule has 2 amide bonds. The number of ether oxygens (including phenoxy) is 1. The zero-order valence-electron chi connectivity index (χ0n) is 19.9. The van der Waals surface area contributed by atoms with Crippen LogP contribution in [0.25, 0.3) is 0 Å². The molecule has 0 unspecified atom stereocenters. The van der Waals surface area contributed by atoms with Crippen LogP contribution in [0.15, 0.2) is 72.8 Å². The molecule has 1 heterocycles. The van der Waals surface area contributed by atoms with Crippen LogP contribution in [0.5, 0.6) is 0 Å². The van der Waals surface area contributed by atoms with Crippen molar-refractivity contribution in [3.05, 3.63) is 101 Å². The SMILES string of the molecule is CCCCCOC(=O)c1cccc(N2C(=O)[C@@H]3C4c5ccccc5C(Br)(c5ccccc54)[C@@H]3C2=O)c1. The molecule has 1 saturated heterocycles. The second-order valence-electron chi connectivity index (χ2n) is 9.77. The Kier molecular flexibility index (Phi) is 5.60. The molecular weight excluding hydrogens is 518 g/mol. The van der Waals surface area contributed by atoms with Crippen molar-refractivity contribution in [2.24, 2.45) is 11.8 Å². The maximum absolute atomic E-state index is 14.0. The van der Waals surface area contributed by atoms with Crippen molar-refractivity contribution in [1.82, 2.24) is 0 Å². The third-order valence-corrected chi connectivity index (χ3v) is 9.18. The Morgan fingerprint density at radius 1 is 0.917 bits per heavy atom. The normalized spacial score (nSPS) is 25.4. The molecule has 6 heteroatoms. The lowest BCUT2D eigenvalue weighted by Gasteiger charge is -2.51. The van der Waals surface area contributed by atoms with Crippen LogP contribution in [-0.2, 0) is 18.7 Å². The van der Waals surface area contributed by atoms with Gasteiger partial charge in [0.1, 0.15) is 0 Å². The van der Waals surface area contributed by atoms with Crippen molar-refractivity contribution in [3.8, 4) is 0 Å². The summed E-state index contributed by atoms with van der Waals surface area (Å²) in [5, 5.41) is 0. The van der Waals surface area contributed by atoms with Gasteiger partial charge in [0.2, 0.25) is 11.8 Å². The molecule has 2 atom stereocenters. The van der Waals surface area contributed by atoms with E-state index in [0.717, 1.165) is 41.5 Å². The summed E-state index contributed by atoms with van der Waals surface area (Å²) in [4.78, 5) is 42.0. The Morgan fingerprint density at radius 3 is 2.25 bits per heavy atom. The second-order valence-corrected chi connectivity index (χ2v) is 11.0. The minimum absolute atomic E-state index is 0.199. The van der Waals surface area contributed by atoms with Crippen molar-refractivity contribution < 1.29 is 19.1 Å². The van der Waals surface area contributed by atoms with Gasteiger partial charge < -0.3 is 4.74 Å². The number of amides is 2. The molecule has 4 aliphatic rings. The first-order chi connectivity index (χ1) is 17.5. The number of imide groups is 1. The van der Waals surface area contributed by atoms with Crippen molar-refractivity contribution >= 4 is 39.4 Å². The van der Waals surface area contributed by atoms with Gasteiger partial charge in [-0.1, -0.05) is 90.3 Å². The molecule has 1 fully saturated rings. The number of anilines is 1. The van der Waals surface area contributed by atoms with Crippen molar-refractivity contribution in [2.45, 2.75) is 36.4 Å². The molecule has 0 spiro atoms. The second kappa shape index (κ2) is 8.70. The largest absolute Gasteiger partial charge is 0.462 e. The molecule has 0 N–H and O–H groups in total. The van der Waals surface area contributed by atoms with Gasteiger partial charge in [-0.15, -0.1) is 0 Å². The highest BCUT2D eigenvalue weighted by Gasteiger charge is 2.67. The van der Waals surface area contributed by atoms with E-state index in [1.807, 2.05) is 24.3 Å². The van der Waals surface area contributed by atoms with E-state index in [1.54, 1.807) is 24.3 Å². The van der Waals surface area contributed by atoms with Crippen LogP contribution < -0.4 is 4.90 Å². The summed E-state index contributed by atoms with van der Waals surface area (Å²) in [5.41, 5.74) is 5.00. The van der Waals surface area contributed by atoms with Crippen molar-refractivity contribution in [1.29, 1.82) is 0 Å². The van der Waals surface area contributed by atoms with Crippen LogP contribution in [0.4, 0.5) is 5.69 Å². The predicted octanol–water partition coefficient (Wildman–Crippen LogP) is 5.94. The number of nitrogens with zero attached hydrogens (tertiary/aromatic N) is 1. The summed E-state index contributed by atoms with van der Waals surface area (Å²) in [5.74, 6) is -2.22. The van der Waals surface area contributed by atoms with Gasteiger partial charge in [0.15, 0.2) is 0 Å². The first-order valence-electron chi connectivity index (χ1n) is 12.5. The lowest BCUT2D eigenvalue weighted by atomic mass is 9.55. The van der Waals surface area contributed by atoms with Crippen LogP contribution in [0, 0.1) is 11.8 Å². The van der Waals surface area contributed by atoms with E-state index >= 15 is 0 Å². The molecule has 2 bridgehead atoms. The number of benzene rings is 3. The maximum atomic E-state index is 14.0. The Balaban J connectivity index is 1.40. The molecule has 3 aromatic carbocycles. The number of rotatable bonds is 6. The maximum Gasteiger partial charge on any atom is 0.338 e. The lowest BCUT2D eigenvalue weighted by molar-refractivity contribution is -0.122. The highest BCUT2D eigenvalue weighted by Crippen LogP contribution is 2.66. The quantitative estimate of drug-likeness (QED) is 0.167. The number of carbonyl (C=O) groups excluding carboxylic acids is 3. The van der Waals surface area contributed by atoms with Crippen molar-refractivity contribution in [2.75, 3.05) is 11.5 Å². The summed E-state index contributed by atoms with van der Waals surface area (Å²) >= 11 is 4.01. The Morgan fingerprint density at radius 2 is 1.58 bits per heavy atom. The fraction of sp³-hybridized carbons (Fsp3) is 0.300. The molecular formula is C30H26BrNO4. The monoisotopic (exact) mass is 543 g/mol. The fourth-order valence-electron chi connectivity index (χ4n) is 6.31. The van der Waals surface area contributed by atoms with E-state index in [4.69, 9.17) is 4.74 Å². The molecule has 182 valence electrons. The predicted molar refractivity (Wildman–Crippen MR) is 140 cm³/mol. The van der Waals surface area contributed by atoms with Crippen LogP contribution in [0.2, 0.25) is 0 Å². The zero-order valence-corrected chi connectivity index (χ0v) is 21.5. The number of carbonyl (C=O) groups is 3. The first kappa shape index (κ1) is 23.2. The summed E-state index contributed by atoms with van der Waals surface area (Å²) in [7, 11) is 0. The molecule has 0 radical (unpaired) electrons. The van der Waals surface area contributed by atoms with Crippen LogP contribution in [0.3, 0.4) is 0 Å². The number of hydrogen-bond acceptors (Lipinski definition) is 4. The van der Waals surface area contributed by atoms with Gasteiger partial charge in [-0.05, 0) is 46.9 Å². The molecule has 5 nitrogen and oxygen atoms in total. The van der Waals surface area contributed by atoms with E-state index < -0.39 is 22.1 Å². The average molecular weight is 544 g/mol. The van der Waals surface area contributed by atoms with Gasteiger partial charge in [0, 0.05) is 5.92 Å². The van der Waals surface area contributed by atoms with E-state index in [-0.39, 0.29) is 17.7 Å². The molecule has 0 saturated carbocycles. The summed E-state index contributed by atoms with van der Waals surface area (Å²) in [6.45, 7) is 2.44. The third-order valence-electron chi connectivity index (χ3n) is 7.84. The van der Waals surface area contributed by atoms with Crippen molar-refractivity contribution in [3.63, 3.8) is 0 Å². The van der Waals surface area contributed by atoms with E-state index in [9.17, 15) is 14.4 Å². The molecule has 3 aromatic rings. The fourth-order valence-corrected chi connectivity index (χ4v) is 7.51. The molecule has 7 rings (SSSR count). The van der Waals surface area contributed by atoms with E-state index in [1.165, 1.54) is 4.90 Å². The van der Waals surface area contributed by atoms with E-state index in [0.29, 0.717) is 17.9 Å². The number of halogens is 1. The zero-order chi connectivity index (χ0) is 25.0. The minimum Gasteiger partial charge on any atom is -0.462 e. The topological polar surface area (TPSA) is 63.7 Å². The molecule has 3 aliphatic carbocycles. The Hall–Kier alpha value is -3.25. The highest BCUT2D eigenvalue weighted by atomic mass is 79.9. The van der Waals surface area contributed by atoms with Gasteiger partial charge in [0.05, 0.1) is 34.0 Å². The highest BCUT2D eigenvalue weighted by molar-refractivity contribution is 9.09. The van der Waals surface area contributed by atoms with Gasteiger partial charge in [-0.2, -0.15) is 0 Å². The van der Waals surface area contributed by atoms with Crippen LogP contribution in [0.1, 0.15) is 64.7 Å². The third kappa shape index (κ3) is 3.16. The first-order valence-corrected chi connectivity index (χ1v) is 13.3. The minimum atomic E-state index is -0.795. The summed E-state index contributed by atoms with van der Waals surface area (Å²) in [6.07, 6.45) is 2.84. The number of alkyl halides is 1. The van der Waals surface area contributed by atoms with Crippen LogP contribution >= 0.6 is 15.9 Å². The molecule has 36 heavy (non-hydrogen) atoms. The average Bonchev–Trinajstić information content (AvgIpc) is 3.18. The van der Waals surface area contributed by atoms with Crippen LogP contribution in [-0.4, -0.2) is 24.4 Å².